The Bertz CT molecular complexity index is 1260. The van der Waals surface area contributed by atoms with E-state index < -0.39 is 18.1 Å². The molecule has 2 aliphatic rings. The zero-order valence-electron chi connectivity index (χ0n) is 20.9. The summed E-state index contributed by atoms with van der Waals surface area (Å²) in [5.74, 6) is -0.0668. The number of fused-ring (bicyclic) bond motifs is 5. The van der Waals surface area contributed by atoms with Crippen LogP contribution in [0.25, 0.3) is 10.8 Å². The second-order valence-corrected chi connectivity index (χ2v) is 10.8. The van der Waals surface area contributed by atoms with Crippen molar-refractivity contribution in [3.8, 4) is 5.88 Å². The molecule has 1 saturated heterocycles. The summed E-state index contributed by atoms with van der Waals surface area (Å²) in [6, 6.07) is 7.14. The van der Waals surface area contributed by atoms with Gasteiger partial charge in [-0.1, -0.05) is 26.0 Å². The molecule has 2 aromatic heterocycles. The first-order valence-corrected chi connectivity index (χ1v) is 13.4. The van der Waals surface area contributed by atoms with Crippen molar-refractivity contribution in [3.63, 3.8) is 0 Å². The van der Waals surface area contributed by atoms with Gasteiger partial charge >= 0.3 is 5.97 Å². The summed E-state index contributed by atoms with van der Waals surface area (Å²) in [4.78, 5) is 37.3. The first-order valence-electron chi connectivity index (χ1n) is 12.6. The maximum Gasteiger partial charge on any atom is 0.328 e. The molecular weight excluding hydrogens is 476 g/mol. The molecule has 6 bridgehead atoms. The number of carbonyl (C=O) groups is 2. The van der Waals surface area contributed by atoms with E-state index in [-0.39, 0.29) is 24.5 Å². The zero-order valence-corrected chi connectivity index (χ0v) is 21.7. The van der Waals surface area contributed by atoms with E-state index in [4.69, 9.17) is 14.5 Å². The Labute approximate surface area is 215 Å². The second kappa shape index (κ2) is 10.4. The van der Waals surface area contributed by atoms with Gasteiger partial charge in [0.15, 0.2) is 5.13 Å². The van der Waals surface area contributed by atoms with Gasteiger partial charge in [-0.2, -0.15) is 0 Å². The molecule has 4 heterocycles. The third-order valence-electron chi connectivity index (χ3n) is 7.00. The molecule has 0 radical (unpaired) electrons. The number of hydrogen-bond donors (Lipinski definition) is 1. The zero-order chi connectivity index (χ0) is 25.2. The molecule has 2 aliphatic heterocycles. The highest BCUT2D eigenvalue weighted by molar-refractivity contribution is 7.13. The van der Waals surface area contributed by atoms with Crippen LogP contribution in [0.1, 0.15) is 44.4 Å². The summed E-state index contributed by atoms with van der Waals surface area (Å²) in [6.45, 7) is 4.26. The normalized spacial score (nSPS) is 22.7. The third kappa shape index (κ3) is 5.02. The fourth-order valence-electron chi connectivity index (χ4n) is 5.03. The highest BCUT2D eigenvalue weighted by Gasteiger charge is 2.44. The molecule has 3 atom stereocenters. The monoisotopic (exact) mass is 508 g/mol. The fourth-order valence-corrected chi connectivity index (χ4v) is 5.81. The van der Waals surface area contributed by atoms with Crippen LogP contribution >= 0.6 is 11.3 Å². The van der Waals surface area contributed by atoms with Gasteiger partial charge in [0.25, 0.3) is 0 Å². The molecule has 9 heteroatoms. The van der Waals surface area contributed by atoms with Gasteiger partial charge in [0.1, 0.15) is 18.2 Å². The van der Waals surface area contributed by atoms with Crippen LogP contribution in [-0.2, 0) is 27.2 Å². The Morgan fingerprint density at radius 3 is 2.89 bits per heavy atom. The summed E-state index contributed by atoms with van der Waals surface area (Å²) in [6.07, 6.45) is 5.64. The number of amides is 1. The standard InChI is InChI=1S/C27H32N4O4S/c1-16(2)23-25(32)31-14-20(13-22(31)26(33)34-3)35-24-21-12-17(8-9-18(21)10-11-28-24)6-4-5-7-19-15-36-27(29-19)30-23/h8-12,15-16,20,22-23H,4-7,13-14H2,1-3H3,(H,29,30)/t20-,22+,23+/m1/s1. The van der Waals surface area contributed by atoms with E-state index in [1.54, 1.807) is 11.1 Å². The molecule has 36 heavy (non-hydrogen) atoms. The molecule has 1 amide bonds. The van der Waals surface area contributed by atoms with Crippen LogP contribution in [0.4, 0.5) is 5.13 Å². The number of nitrogens with one attached hydrogen (secondary N) is 1. The van der Waals surface area contributed by atoms with Crippen molar-refractivity contribution >= 4 is 39.1 Å². The van der Waals surface area contributed by atoms with Crippen molar-refractivity contribution in [2.24, 2.45) is 5.92 Å². The lowest BCUT2D eigenvalue weighted by molar-refractivity contribution is -0.151. The number of carbonyl (C=O) groups excluding carboxylic acids is 2. The maximum atomic E-state index is 13.8. The smallest absolute Gasteiger partial charge is 0.328 e. The number of methoxy groups -OCH3 is 1. The minimum Gasteiger partial charge on any atom is -0.472 e. The largest absolute Gasteiger partial charge is 0.472 e. The molecule has 3 aromatic rings. The average Bonchev–Trinajstić information content (AvgIpc) is 3.51. The number of aryl methyl sites for hydroxylation is 2. The van der Waals surface area contributed by atoms with E-state index in [1.807, 2.05) is 19.9 Å². The van der Waals surface area contributed by atoms with Gasteiger partial charge < -0.3 is 19.7 Å². The van der Waals surface area contributed by atoms with Crippen LogP contribution in [0.15, 0.2) is 35.8 Å². The molecule has 190 valence electrons. The molecule has 0 unspecified atom stereocenters. The molecule has 0 aliphatic carbocycles. The number of anilines is 1. The van der Waals surface area contributed by atoms with Crippen LogP contribution in [0.5, 0.6) is 5.88 Å². The minimum absolute atomic E-state index is 0.00753. The van der Waals surface area contributed by atoms with E-state index in [0.29, 0.717) is 12.3 Å². The number of benzene rings is 1. The first kappa shape index (κ1) is 24.5. The fraction of sp³-hybridized carbons (Fsp3) is 0.481. The molecule has 0 spiro atoms. The van der Waals surface area contributed by atoms with E-state index in [0.717, 1.165) is 47.3 Å². The van der Waals surface area contributed by atoms with Crippen molar-refractivity contribution in [3.05, 3.63) is 47.1 Å². The quantitative estimate of drug-likeness (QED) is 0.518. The summed E-state index contributed by atoms with van der Waals surface area (Å²) in [7, 11) is 1.35. The Kier molecular flexibility index (Phi) is 7.09. The highest BCUT2D eigenvalue weighted by atomic mass is 32.1. The summed E-state index contributed by atoms with van der Waals surface area (Å²) in [5.41, 5.74) is 2.27. The number of aromatic nitrogens is 2. The van der Waals surface area contributed by atoms with Crippen LogP contribution in [-0.4, -0.2) is 58.6 Å². The number of thiazole rings is 1. The van der Waals surface area contributed by atoms with E-state index >= 15 is 0 Å². The van der Waals surface area contributed by atoms with Crippen LogP contribution in [0.2, 0.25) is 0 Å². The predicted molar refractivity (Wildman–Crippen MR) is 139 cm³/mol. The maximum absolute atomic E-state index is 13.8. The summed E-state index contributed by atoms with van der Waals surface area (Å²) >= 11 is 1.51. The van der Waals surface area contributed by atoms with Crippen molar-refractivity contribution in [2.45, 2.75) is 64.1 Å². The SMILES string of the molecule is COC(=O)[C@@H]1C[C@@H]2CN1C(=O)[C@H](C(C)C)Nc1nc(cs1)CCCCc1ccc3ccnc(c3c1)O2. The molecule has 1 N–H and O–H groups in total. The lowest BCUT2D eigenvalue weighted by atomic mass is 10.0. The summed E-state index contributed by atoms with van der Waals surface area (Å²) < 4.78 is 11.4. The van der Waals surface area contributed by atoms with Gasteiger partial charge in [-0.25, -0.2) is 14.8 Å². The van der Waals surface area contributed by atoms with Gasteiger partial charge in [-0.3, -0.25) is 4.79 Å². The Balaban J connectivity index is 1.52. The molecule has 1 fully saturated rings. The van der Waals surface area contributed by atoms with Crippen molar-refractivity contribution in [2.75, 3.05) is 19.0 Å². The van der Waals surface area contributed by atoms with Crippen molar-refractivity contribution in [1.29, 1.82) is 0 Å². The number of pyridine rings is 1. The topological polar surface area (TPSA) is 93.7 Å². The number of esters is 1. The van der Waals surface area contributed by atoms with Crippen LogP contribution in [0.3, 0.4) is 0 Å². The minimum atomic E-state index is -0.713. The van der Waals surface area contributed by atoms with Crippen LogP contribution in [0, 0.1) is 5.92 Å². The van der Waals surface area contributed by atoms with Gasteiger partial charge in [0.2, 0.25) is 11.8 Å². The molecule has 8 nitrogen and oxygen atoms in total. The molecular formula is C27H32N4O4S. The number of ether oxygens (including phenoxy) is 2. The van der Waals surface area contributed by atoms with E-state index in [1.165, 1.54) is 24.0 Å². The lowest BCUT2D eigenvalue weighted by Crippen LogP contribution is -2.50. The van der Waals surface area contributed by atoms with Gasteiger partial charge in [-0.15, -0.1) is 11.3 Å². The Morgan fingerprint density at radius 2 is 2.08 bits per heavy atom. The predicted octanol–water partition coefficient (Wildman–Crippen LogP) is 4.23. The van der Waals surface area contributed by atoms with E-state index in [2.05, 4.69) is 33.9 Å². The molecule has 1 aromatic carbocycles. The van der Waals surface area contributed by atoms with Crippen LogP contribution < -0.4 is 10.1 Å². The number of nitrogens with zero attached hydrogens (tertiary/aromatic N) is 3. The molecule has 5 rings (SSSR count). The van der Waals surface area contributed by atoms with Crippen molar-refractivity contribution < 1.29 is 19.1 Å². The Hall–Kier alpha value is -3.20. The van der Waals surface area contributed by atoms with E-state index in [9.17, 15) is 9.59 Å². The van der Waals surface area contributed by atoms with Gasteiger partial charge in [0, 0.05) is 23.4 Å². The summed E-state index contributed by atoms with van der Waals surface area (Å²) in [5, 5.41) is 8.12. The third-order valence-corrected chi connectivity index (χ3v) is 7.83. The lowest BCUT2D eigenvalue weighted by Gasteiger charge is -2.29. The Morgan fingerprint density at radius 1 is 1.25 bits per heavy atom. The van der Waals surface area contributed by atoms with Gasteiger partial charge in [0.05, 0.1) is 19.3 Å². The van der Waals surface area contributed by atoms with Crippen molar-refractivity contribution in [1.82, 2.24) is 14.9 Å². The first-order chi connectivity index (χ1) is 17.4. The second-order valence-electron chi connectivity index (χ2n) is 9.89. The number of hydrogen-bond acceptors (Lipinski definition) is 8. The molecule has 0 saturated carbocycles. The average molecular weight is 509 g/mol. The number of rotatable bonds is 2. The van der Waals surface area contributed by atoms with Gasteiger partial charge in [-0.05, 0) is 54.7 Å². The highest BCUT2D eigenvalue weighted by Crippen LogP contribution is 2.31.